The maximum atomic E-state index is 10.5. The van der Waals surface area contributed by atoms with Crippen LogP contribution in [0.3, 0.4) is 0 Å². The molecule has 3 heteroatoms. The molecule has 10 heavy (non-hydrogen) atoms. The summed E-state index contributed by atoms with van der Waals surface area (Å²) in [4.78, 5) is 10.5. The molecule has 1 unspecified atom stereocenters. The van der Waals surface area contributed by atoms with Gasteiger partial charge in [0, 0.05) is 12.8 Å². The van der Waals surface area contributed by atoms with E-state index in [9.17, 15) is 4.79 Å². The number of ether oxygens (including phenoxy) is 2. The van der Waals surface area contributed by atoms with Gasteiger partial charge in [0.05, 0.1) is 6.61 Å². The third kappa shape index (κ3) is 1.76. The van der Waals surface area contributed by atoms with Gasteiger partial charge in [-0.1, -0.05) is 6.08 Å². The van der Waals surface area contributed by atoms with E-state index in [0.717, 1.165) is 12.8 Å². The van der Waals surface area contributed by atoms with Crippen molar-refractivity contribution in [2.24, 2.45) is 0 Å². The van der Waals surface area contributed by atoms with E-state index in [2.05, 4.69) is 11.3 Å². The second-order valence-corrected chi connectivity index (χ2v) is 2.15. The second kappa shape index (κ2) is 3.25. The molecular weight excluding hydrogens is 132 g/mol. The minimum atomic E-state index is -0.557. The van der Waals surface area contributed by atoms with Gasteiger partial charge in [0.2, 0.25) is 0 Å². The zero-order chi connectivity index (χ0) is 7.40. The monoisotopic (exact) mass is 142 g/mol. The summed E-state index contributed by atoms with van der Waals surface area (Å²) < 4.78 is 9.35. The summed E-state index contributed by atoms with van der Waals surface area (Å²) >= 11 is 0. The Balaban J connectivity index is 2.31. The van der Waals surface area contributed by atoms with Crippen molar-refractivity contribution in [3.8, 4) is 0 Å². The molecule has 0 saturated carbocycles. The molecule has 1 saturated heterocycles. The Hall–Kier alpha value is -0.990. The van der Waals surface area contributed by atoms with Crippen LogP contribution in [0.2, 0.25) is 0 Å². The van der Waals surface area contributed by atoms with Crippen LogP contribution in [-0.4, -0.2) is 18.9 Å². The normalized spacial score (nSPS) is 24.8. The molecular formula is C7H10O3. The minimum absolute atomic E-state index is 0.0150. The van der Waals surface area contributed by atoms with Crippen LogP contribution in [-0.2, 0) is 9.47 Å². The van der Waals surface area contributed by atoms with Gasteiger partial charge >= 0.3 is 6.16 Å². The molecule has 0 amide bonds. The van der Waals surface area contributed by atoms with E-state index in [1.165, 1.54) is 0 Å². The zero-order valence-electron chi connectivity index (χ0n) is 5.71. The molecule has 0 radical (unpaired) electrons. The summed E-state index contributed by atoms with van der Waals surface area (Å²) in [5.41, 5.74) is 0. The average Bonchev–Trinajstić information content (AvgIpc) is 1.88. The Labute approximate surface area is 59.6 Å². The topological polar surface area (TPSA) is 35.5 Å². The molecule has 0 aliphatic carbocycles. The Bertz CT molecular complexity index is 142. The average molecular weight is 142 g/mol. The van der Waals surface area contributed by atoms with Gasteiger partial charge in [-0.25, -0.2) is 4.79 Å². The third-order valence-corrected chi connectivity index (χ3v) is 1.35. The number of hydrogen-bond acceptors (Lipinski definition) is 3. The van der Waals surface area contributed by atoms with Crippen molar-refractivity contribution < 1.29 is 14.3 Å². The van der Waals surface area contributed by atoms with Crippen molar-refractivity contribution in [1.82, 2.24) is 0 Å². The van der Waals surface area contributed by atoms with E-state index in [1.54, 1.807) is 6.08 Å². The van der Waals surface area contributed by atoms with Gasteiger partial charge in [-0.15, -0.1) is 6.58 Å². The number of carbonyl (C=O) groups is 1. The van der Waals surface area contributed by atoms with Gasteiger partial charge in [-0.05, 0) is 0 Å². The highest BCUT2D eigenvalue weighted by atomic mass is 16.7. The van der Waals surface area contributed by atoms with Crippen LogP contribution < -0.4 is 0 Å². The lowest BCUT2D eigenvalue weighted by Crippen LogP contribution is -2.26. The number of cyclic esters (lactones) is 2. The van der Waals surface area contributed by atoms with Crippen molar-refractivity contribution in [1.29, 1.82) is 0 Å². The second-order valence-electron chi connectivity index (χ2n) is 2.15. The highest BCUT2D eigenvalue weighted by Gasteiger charge is 2.19. The van der Waals surface area contributed by atoms with Crippen LogP contribution >= 0.6 is 0 Å². The number of rotatable bonds is 2. The van der Waals surface area contributed by atoms with Crippen LogP contribution in [0.1, 0.15) is 12.8 Å². The largest absolute Gasteiger partial charge is 0.508 e. The fourth-order valence-corrected chi connectivity index (χ4v) is 0.855. The number of carbonyl (C=O) groups excluding carboxylic acids is 1. The predicted octanol–water partition coefficient (Wildman–Crippen LogP) is 1.49. The van der Waals surface area contributed by atoms with Gasteiger partial charge in [-0.2, -0.15) is 0 Å². The molecule has 56 valence electrons. The lowest BCUT2D eigenvalue weighted by Gasteiger charge is -2.20. The van der Waals surface area contributed by atoms with Gasteiger partial charge < -0.3 is 9.47 Å². The standard InChI is InChI=1S/C7H10O3/c1-2-3-6-4-5-9-7(8)10-6/h2,6H,1,3-5H2. The minimum Gasteiger partial charge on any atom is -0.434 e. The SMILES string of the molecule is C=CCC1CCOC(=O)O1. The maximum absolute atomic E-state index is 10.5. The van der Waals surface area contributed by atoms with Crippen LogP contribution in [0.25, 0.3) is 0 Å². The number of hydrogen-bond donors (Lipinski definition) is 0. The van der Waals surface area contributed by atoms with E-state index in [1.807, 2.05) is 0 Å². The molecule has 1 atom stereocenters. The molecule has 0 aromatic carbocycles. The molecule has 0 aromatic rings. The first kappa shape index (κ1) is 7.12. The summed E-state index contributed by atoms with van der Waals surface area (Å²) in [7, 11) is 0. The highest BCUT2D eigenvalue weighted by molar-refractivity contribution is 5.60. The lowest BCUT2D eigenvalue weighted by atomic mass is 10.2. The van der Waals surface area contributed by atoms with Crippen LogP contribution in [0.5, 0.6) is 0 Å². The van der Waals surface area contributed by atoms with Crippen molar-refractivity contribution >= 4 is 6.16 Å². The molecule has 3 nitrogen and oxygen atoms in total. The van der Waals surface area contributed by atoms with E-state index in [4.69, 9.17) is 4.74 Å². The smallest absolute Gasteiger partial charge is 0.434 e. The summed E-state index contributed by atoms with van der Waals surface area (Å²) in [5.74, 6) is 0. The van der Waals surface area contributed by atoms with Crippen molar-refractivity contribution in [3.63, 3.8) is 0 Å². The fourth-order valence-electron chi connectivity index (χ4n) is 0.855. The molecule has 1 fully saturated rings. The predicted molar refractivity (Wildman–Crippen MR) is 35.7 cm³/mol. The van der Waals surface area contributed by atoms with Gasteiger partial charge in [0.1, 0.15) is 6.10 Å². The van der Waals surface area contributed by atoms with Crippen LogP contribution in [0, 0.1) is 0 Å². The maximum Gasteiger partial charge on any atom is 0.508 e. The highest BCUT2D eigenvalue weighted by Crippen LogP contribution is 2.11. The Morgan fingerprint density at radius 2 is 2.60 bits per heavy atom. The zero-order valence-corrected chi connectivity index (χ0v) is 5.71. The first-order chi connectivity index (χ1) is 4.83. The van der Waals surface area contributed by atoms with E-state index in [0.29, 0.717) is 6.61 Å². The Kier molecular flexibility index (Phi) is 2.31. The fraction of sp³-hybridized carbons (Fsp3) is 0.571. The summed E-state index contributed by atoms with van der Waals surface area (Å²) in [5, 5.41) is 0. The van der Waals surface area contributed by atoms with Crippen LogP contribution in [0.15, 0.2) is 12.7 Å². The Morgan fingerprint density at radius 1 is 1.80 bits per heavy atom. The van der Waals surface area contributed by atoms with E-state index in [-0.39, 0.29) is 6.10 Å². The molecule has 0 spiro atoms. The molecule has 1 aliphatic heterocycles. The van der Waals surface area contributed by atoms with Crippen molar-refractivity contribution in [2.75, 3.05) is 6.61 Å². The first-order valence-electron chi connectivity index (χ1n) is 3.27. The summed E-state index contributed by atoms with van der Waals surface area (Å²) in [6.07, 6.45) is 2.66. The van der Waals surface area contributed by atoms with Gasteiger partial charge in [0.15, 0.2) is 0 Å². The van der Waals surface area contributed by atoms with Crippen LogP contribution in [0.4, 0.5) is 4.79 Å². The third-order valence-electron chi connectivity index (χ3n) is 1.35. The van der Waals surface area contributed by atoms with Crippen molar-refractivity contribution in [2.45, 2.75) is 18.9 Å². The molecule has 0 bridgehead atoms. The lowest BCUT2D eigenvalue weighted by molar-refractivity contribution is -0.0209. The Morgan fingerprint density at radius 3 is 3.20 bits per heavy atom. The summed E-state index contributed by atoms with van der Waals surface area (Å²) in [6.45, 7) is 4.02. The molecule has 1 aliphatic rings. The molecule has 0 N–H and O–H groups in total. The molecule has 1 heterocycles. The van der Waals surface area contributed by atoms with Crippen molar-refractivity contribution in [3.05, 3.63) is 12.7 Å². The quantitative estimate of drug-likeness (QED) is 0.433. The van der Waals surface area contributed by atoms with Gasteiger partial charge in [0.25, 0.3) is 0 Å². The van der Waals surface area contributed by atoms with Gasteiger partial charge in [-0.3, -0.25) is 0 Å². The summed E-state index contributed by atoms with van der Waals surface area (Å²) in [6, 6.07) is 0. The first-order valence-corrected chi connectivity index (χ1v) is 3.27. The molecule has 1 rings (SSSR count). The van der Waals surface area contributed by atoms with E-state index >= 15 is 0 Å². The van der Waals surface area contributed by atoms with E-state index < -0.39 is 6.16 Å². The molecule has 0 aromatic heterocycles.